The molecule has 2 unspecified atom stereocenters. The van der Waals surface area contributed by atoms with Crippen LogP contribution in [0.5, 0.6) is 0 Å². The van der Waals surface area contributed by atoms with Crippen LogP contribution in [0.4, 0.5) is 0 Å². The molecule has 0 fully saturated rings. The van der Waals surface area contributed by atoms with Gasteiger partial charge in [0.25, 0.3) is 15.7 Å². The summed E-state index contributed by atoms with van der Waals surface area (Å²) in [6.07, 6.45) is 4.97. The molecule has 0 bridgehead atoms. The average Bonchev–Trinajstić information content (AvgIpc) is 2.02. The van der Waals surface area contributed by atoms with E-state index in [4.69, 9.17) is 4.55 Å². The zero-order chi connectivity index (χ0) is 11.0. The summed E-state index contributed by atoms with van der Waals surface area (Å²) >= 11 is 0. The summed E-state index contributed by atoms with van der Waals surface area (Å²) in [6.45, 7) is 1.14. The van der Waals surface area contributed by atoms with E-state index in [2.05, 4.69) is 0 Å². The first-order chi connectivity index (χ1) is 6.28. The van der Waals surface area contributed by atoms with Crippen molar-refractivity contribution in [2.24, 2.45) is 0 Å². The number of nitro groups is 1. The zero-order valence-corrected chi connectivity index (χ0v) is 8.14. The fraction of sp³-hybridized carbons (Fsp3) is 0.429. The molecule has 0 spiro atoms. The Kier molecular flexibility index (Phi) is 2.47. The van der Waals surface area contributed by atoms with E-state index in [9.17, 15) is 18.5 Å². The van der Waals surface area contributed by atoms with E-state index in [1.807, 2.05) is 0 Å². The van der Waals surface area contributed by atoms with Crippen molar-refractivity contribution in [3.05, 3.63) is 34.4 Å². The lowest BCUT2D eigenvalue weighted by molar-refractivity contribution is -0.548. The van der Waals surface area contributed by atoms with Crippen molar-refractivity contribution in [1.82, 2.24) is 0 Å². The highest BCUT2D eigenvalue weighted by Gasteiger charge is 2.50. The third-order valence-corrected chi connectivity index (χ3v) is 3.40. The maximum atomic E-state index is 10.9. The highest BCUT2D eigenvalue weighted by molar-refractivity contribution is 7.86. The molecule has 78 valence electrons. The van der Waals surface area contributed by atoms with Crippen molar-refractivity contribution in [2.75, 3.05) is 0 Å². The molecule has 0 amide bonds. The maximum absolute atomic E-state index is 10.9. The van der Waals surface area contributed by atoms with Gasteiger partial charge < -0.3 is 0 Å². The molecule has 6 nitrogen and oxygen atoms in total. The largest absolute Gasteiger partial charge is 0.285 e. The van der Waals surface area contributed by atoms with Crippen molar-refractivity contribution >= 4 is 10.1 Å². The summed E-state index contributed by atoms with van der Waals surface area (Å²) in [7, 11) is -4.46. The van der Waals surface area contributed by atoms with E-state index < -0.39 is 25.8 Å². The second-order valence-corrected chi connectivity index (χ2v) is 4.70. The molecule has 0 aromatic rings. The van der Waals surface area contributed by atoms with Crippen molar-refractivity contribution in [2.45, 2.75) is 17.7 Å². The highest BCUT2D eigenvalue weighted by atomic mass is 32.2. The molecule has 7 heteroatoms. The third-order valence-electron chi connectivity index (χ3n) is 2.12. The van der Waals surface area contributed by atoms with Crippen LogP contribution in [0.3, 0.4) is 0 Å². The lowest BCUT2D eigenvalue weighted by atomic mass is 9.94. The summed E-state index contributed by atoms with van der Waals surface area (Å²) in [5, 5.41) is 9.15. The van der Waals surface area contributed by atoms with E-state index in [0.717, 1.165) is 19.1 Å². The third kappa shape index (κ3) is 1.68. The number of rotatable bonds is 2. The Morgan fingerprint density at radius 2 is 2.07 bits per heavy atom. The fourth-order valence-electron chi connectivity index (χ4n) is 1.27. The molecular weight excluding hydrogens is 210 g/mol. The van der Waals surface area contributed by atoms with E-state index in [-0.39, 0.29) is 0 Å². The van der Waals surface area contributed by atoms with E-state index in [1.54, 1.807) is 0 Å². The number of nitrogens with zero attached hydrogens (tertiary/aromatic N) is 1. The van der Waals surface area contributed by atoms with Gasteiger partial charge in [-0.05, 0) is 6.08 Å². The molecule has 1 rings (SSSR count). The molecule has 0 saturated carbocycles. The SMILES string of the molecule is CC1([N+](=O)[O-])C=CC=CC1S(=O)(=O)O. The Morgan fingerprint density at radius 3 is 2.43 bits per heavy atom. The fourth-order valence-corrected chi connectivity index (χ4v) is 2.33. The molecule has 1 aliphatic carbocycles. The molecule has 1 aliphatic rings. The van der Waals surface area contributed by atoms with E-state index >= 15 is 0 Å². The normalized spacial score (nSPS) is 31.7. The summed E-state index contributed by atoms with van der Waals surface area (Å²) in [6, 6.07) is 0. The van der Waals surface area contributed by atoms with Crippen LogP contribution < -0.4 is 0 Å². The van der Waals surface area contributed by atoms with Crippen molar-refractivity contribution in [3.8, 4) is 0 Å². The van der Waals surface area contributed by atoms with Crippen molar-refractivity contribution in [3.63, 3.8) is 0 Å². The summed E-state index contributed by atoms with van der Waals surface area (Å²) in [5.41, 5.74) is -1.80. The van der Waals surface area contributed by atoms with Crippen LogP contribution in [0.1, 0.15) is 6.92 Å². The number of allylic oxidation sites excluding steroid dienone is 2. The van der Waals surface area contributed by atoms with Crippen molar-refractivity contribution < 1.29 is 17.9 Å². The van der Waals surface area contributed by atoms with Gasteiger partial charge >= 0.3 is 0 Å². The van der Waals surface area contributed by atoms with E-state index in [0.29, 0.717) is 0 Å². The highest BCUT2D eigenvalue weighted by Crippen LogP contribution is 2.26. The number of hydrogen-bond acceptors (Lipinski definition) is 4. The van der Waals surface area contributed by atoms with Gasteiger partial charge in [0.2, 0.25) is 0 Å². The van der Waals surface area contributed by atoms with Crippen LogP contribution in [0, 0.1) is 10.1 Å². The minimum atomic E-state index is -4.46. The lowest BCUT2D eigenvalue weighted by Crippen LogP contribution is -2.48. The van der Waals surface area contributed by atoms with Crippen LogP contribution in [0.2, 0.25) is 0 Å². The van der Waals surface area contributed by atoms with Crippen LogP contribution in [0.25, 0.3) is 0 Å². The molecule has 1 N–H and O–H groups in total. The smallest absolute Gasteiger partial charge is 0.278 e. The van der Waals surface area contributed by atoms with Gasteiger partial charge in [0.1, 0.15) is 0 Å². The maximum Gasteiger partial charge on any atom is 0.278 e. The zero-order valence-electron chi connectivity index (χ0n) is 7.32. The topological polar surface area (TPSA) is 97.5 Å². The Morgan fingerprint density at radius 1 is 1.50 bits per heavy atom. The van der Waals surface area contributed by atoms with Gasteiger partial charge in [0.05, 0.1) is 0 Å². The Labute approximate surface area is 80.8 Å². The molecule has 0 saturated heterocycles. The molecule has 14 heavy (non-hydrogen) atoms. The first kappa shape index (κ1) is 10.9. The van der Waals surface area contributed by atoms with Gasteiger partial charge in [0, 0.05) is 11.8 Å². The van der Waals surface area contributed by atoms with E-state index in [1.165, 1.54) is 12.2 Å². The molecule has 2 atom stereocenters. The average molecular weight is 219 g/mol. The molecule has 0 radical (unpaired) electrons. The van der Waals surface area contributed by atoms with Gasteiger partial charge in [-0.15, -0.1) is 0 Å². The minimum absolute atomic E-state index is 0.731. The Balaban J connectivity index is 3.25. The van der Waals surface area contributed by atoms with Gasteiger partial charge in [-0.2, -0.15) is 8.42 Å². The van der Waals surface area contributed by atoms with Crippen molar-refractivity contribution in [1.29, 1.82) is 0 Å². The predicted octanol–water partition coefficient (Wildman–Crippen LogP) is 0.404. The van der Waals surface area contributed by atoms with Gasteiger partial charge in [-0.3, -0.25) is 14.7 Å². The first-order valence-electron chi connectivity index (χ1n) is 3.75. The molecule has 0 aromatic carbocycles. The van der Waals surface area contributed by atoms with Crippen LogP contribution in [0.15, 0.2) is 24.3 Å². The molecule has 0 aliphatic heterocycles. The molecular formula is C7H9NO5S. The second kappa shape index (κ2) is 3.18. The Hall–Kier alpha value is -1.21. The summed E-state index contributed by atoms with van der Waals surface area (Å²) in [4.78, 5) is 9.95. The summed E-state index contributed by atoms with van der Waals surface area (Å²) in [5.74, 6) is 0. The monoisotopic (exact) mass is 219 g/mol. The number of hydrogen-bond donors (Lipinski definition) is 1. The second-order valence-electron chi connectivity index (χ2n) is 3.16. The quantitative estimate of drug-likeness (QED) is 0.412. The first-order valence-corrected chi connectivity index (χ1v) is 5.25. The predicted molar refractivity (Wildman–Crippen MR) is 49.0 cm³/mol. The van der Waals surface area contributed by atoms with Gasteiger partial charge in [-0.1, -0.05) is 18.2 Å². The van der Waals surface area contributed by atoms with Gasteiger partial charge in [0.15, 0.2) is 5.25 Å². The Bertz CT molecular complexity index is 410. The van der Waals surface area contributed by atoms with Crippen LogP contribution >= 0.6 is 0 Å². The molecule has 0 aromatic heterocycles. The molecule has 0 heterocycles. The van der Waals surface area contributed by atoms with Crippen LogP contribution in [-0.2, 0) is 10.1 Å². The van der Waals surface area contributed by atoms with Gasteiger partial charge in [-0.25, -0.2) is 0 Å². The lowest BCUT2D eigenvalue weighted by Gasteiger charge is -2.24. The minimum Gasteiger partial charge on any atom is -0.285 e. The standard InChI is InChI=1S/C7H9NO5S/c1-7(8(9)10)5-3-2-4-6(7)14(11,12)13/h2-6H,1H3,(H,11,12,13). The summed E-state index contributed by atoms with van der Waals surface area (Å²) < 4.78 is 30.6. The van der Waals surface area contributed by atoms with Crippen LogP contribution in [-0.4, -0.2) is 28.7 Å².